The summed E-state index contributed by atoms with van der Waals surface area (Å²) in [5.41, 5.74) is 1.85. The summed E-state index contributed by atoms with van der Waals surface area (Å²) in [4.78, 5) is 26.4. The molecule has 3 rings (SSSR count). The van der Waals surface area contributed by atoms with E-state index < -0.39 is 0 Å². The van der Waals surface area contributed by atoms with Gasteiger partial charge in [0.25, 0.3) is 5.91 Å². The Labute approximate surface area is 154 Å². The first-order valence-corrected chi connectivity index (χ1v) is 8.92. The molecular weight excluding hydrogens is 328 g/mol. The first-order chi connectivity index (χ1) is 12.7. The highest BCUT2D eigenvalue weighted by Gasteiger charge is 2.30. The summed E-state index contributed by atoms with van der Waals surface area (Å²) in [6.07, 6.45) is 2.25. The van der Waals surface area contributed by atoms with Gasteiger partial charge in [0.15, 0.2) is 0 Å². The van der Waals surface area contributed by atoms with Crippen LogP contribution in [0.5, 0.6) is 5.75 Å². The van der Waals surface area contributed by atoms with Gasteiger partial charge in [-0.2, -0.15) is 0 Å². The molecule has 2 aromatic carbocycles. The summed E-state index contributed by atoms with van der Waals surface area (Å²) in [5.74, 6) is 0.664. The van der Waals surface area contributed by atoms with Crippen molar-refractivity contribution in [3.05, 3.63) is 65.7 Å². The lowest BCUT2D eigenvalue weighted by Gasteiger charge is -2.17. The van der Waals surface area contributed by atoms with Crippen molar-refractivity contribution in [1.29, 1.82) is 0 Å². The number of carbonyl (C=O) groups is 2. The van der Waals surface area contributed by atoms with Gasteiger partial charge in [-0.25, -0.2) is 0 Å². The van der Waals surface area contributed by atoms with Crippen molar-refractivity contribution >= 4 is 11.8 Å². The predicted octanol–water partition coefficient (Wildman–Crippen LogP) is 2.66. The number of ether oxygens (including phenoxy) is 1. The van der Waals surface area contributed by atoms with E-state index in [1.165, 1.54) is 5.56 Å². The van der Waals surface area contributed by atoms with Gasteiger partial charge in [0, 0.05) is 25.1 Å². The van der Waals surface area contributed by atoms with Gasteiger partial charge >= 0.3 is 0 Å². The molecule has 1 fully saturated rings. The first kappa shape index (κ1) is 18.0. The summed E-state index contributed by atoms with van der Waals surface area (Å²) in [5, 5.41) is 2.96. The van der Waals surface area contributed by atoms with Gasteiger partial charge in [0.1, 0.15) is 5.75 Å². The smallest absolute Gasteiger partial charge is 0.251 e. The average Bonchev–Trinajstić information content (AvgIpc) is 3.02. The van der Waals surface area contributed by atoms with E-state index in [-0.39, 0.29) is 17.9 Å². The van der Waals surface area contributed by atoms with E-state index >= 15 is 0 Å². The van der Waals surface area contributed by atoms with Crippen LogP contribution in [0.1, 0.15) is 28.8 Å². The SMILES string of the molecule is COc1ccc(C(=O)N[C@H]2CC(=O)N(CCCc3ccccc3)C2)cc1. The second-order valence-electron chi connectivity index (χ2n) is 6.53. The van der Waals surface area contributed by atoms with Crippen LogP contribution in [0.15, 0.2) is 54.6 Å². The summed E-state index contributed by atoms with van der Waals surface area (Å²) < 4.78 is 5.10. The van der Waals surface area contributed by atoms with Crippen molar-refractivity contribution in [2.75, 3.05) is 20.2 Å². The predicted molar refractivity (Wildman–Crippen MR) is 100 cm³/mol. The number of nitrogens with one attached hydrogen (secondary N) is 1. The number of hydrogen-bond donors (Lipinski definition) is 1. The normalized spacial score (nSPS) is 16.6. The van der Waals surface area contributed by atoms with E-state index in [9.17, 15) is 9.59 Å². The molecule has 0 spiro atoms. The Kier molecular flexibility index (Phi) is 5.89. The molecule has 1 aliphatic rings. The standard InChI is InChI=1S/C21H24N2O3/c1-26-19-11-9-17(10-12-19)21(25)22-18-14-20(24)23(15-18)13-5-8-16-6-3-2-4-7-16/h2-4,6-7,9-12,18H,5,8,13-15H2,1H3,(H,22,25)/t18-/m0/s1. The third kappa shape index (κ3) is 4.63. The molecule has 0 aromatic heterocycles. The van der Waals surface area contributed by atoms with E-state index in [0.29, 0.717) is 24.3 Å². The third-order valence-corrected chi connectivity index (χ3v) is 4.64. The molecule has 2 amide bonds. The topological polar surface area (TPSA) is 58.6 Å². The van der Waals surface area contributed by atoms with Gasteiger partial charge < -0.3 is 15.0 Å². The van der Waals surface area contributed by atoms with Gasteiger partial charge in [-0.3, -0.25) is 9.59 Å². The number of carbonyl (C=O) groups excluding carboxylic acids is 2. The number of nitrogens with zero attached hydrogens (tertiary/aromatic N) is 1. The van der Waals surface area contributed by atoms with Crippen LogP contribution in [0, 0.1) is 0 Å². The largest absolute Gasteiger partial charge is 0.497 e. The average molecular weight is 352 g/mol. The molecule has 1 saturated heterocycles. The van der Waals surface area contributed by atoms with Gasteiger partial charge in [-0.1, -0.05) is 30.3 Å². The van der Waals surface area contributed by atoms with Crippen molar-refractivity contribution < 1.29 is 14.3 Å². The van der Waals surface area contributed by atoms with Crippen molar-refractivity contribution in [2.45, 2.75) is 25.3 Å². The highest BCUT2D eigenvalue weighted by molar-refractivity contribution is 5.95. The molecule has 0 radical (unpaired) electrons. The Hall–Kier alpha value is -2.82. The first-order valence-electron chi connectivity index (χ1n) is 8.92. The summed E-state index contributed by atoms with van der Waals surface area (Å²) in [6.45, 7) is 1.30. The van der Waals surface area contributed by atoms with E-state index in [2.05, 4.69) is 17.4 Å². The summed E-state index contributed by atoms with van der Waals surface area (Å²) in [6, 6.07) is 17.1. The Morgan fingerprint density at radius 1 is 1.15 bits per heavy atom. The van der Waals surface area contributed by atoms with Crippen molar-refractivity contribution in [3.8, 4) is 5.75 Å². The van der Waals surface area contributed by atoms with E-state index in [1.807, 2.05) is 23.1 Å². The quantitative estimate of drug-likeness (QED) is 0.833. The molecule has 1 N–H and O–H groups in total. The zero-order valence-corrected chi connectivity index (χ0v) is 15.0. The molecule has 2 aromatic rings. The van der Waals surface area contributed by atoms with Gasteiger partial charge in [-0.15, -0.1) is 0 Å². The summed E-state index contributed by atoms with van der Waals surface area (Å²) in [7, 11) is 1.59. The van der Waals surface area contributed by atoms with E-state index in [1.54, 1.807) is 31.4 Å². The fourth-order valence-corrected chi connectivity index (χ4v) is 3.21. The number of aryl methyl sites for hydroxylation is 1. The number of amides is 2. The van der Waals surface area contributed by atoms with Gasteiger partial charge in [0.05, 0.1) is 13.2 Å². The monoisotopic (exact) mass is 352 g/mol. The summed E-state index contributed by atoms with van der Waals surface area (Å²) >= 11 is 0. The molecule has 0 aliphatic carbocycles. The molecule has 5 heteroatoms. The Balaban J connectivity index is 1.46. The highest BCUT2D eigenvalue weighted by atomic mass is 16.5. The molecule has 0 bridgehead atoms. The fourth-order valence-electron chi connectivity index (χ4n) is 3.21. The molecule has 1 heterocycles. The lowest BCUT2D eigenvalue weighted by atomic mass is 10.1. The second kappa shape index (κ2) is 8.52. The van der Waals surface area contributed by atoms with Crippen LogP contribution in [0.25, 0.3) is 0 Å². The fraction of sp³-hybridized carbons (Fsp3) is 0.333. The van der Waals surface area contributed by atoms with Crippen molar-refractivity contribution in [3.63, 3.8) is 0 Å². The number of hydrogen-bond acceptors (Lipinski definition) is 3. The van der Waals surface area contributed by atoms with Crippen LogP contribution in [0.2, 0.25) is 0 Å². The maximum atomic E-state index is 12.3. The van der Waals surface area contributed by atoms with E-state index in [0.717, 1.165) is 19.4 Å². The maximum absolute atomic E-state index is 12.3. The molecule has 26 heavy (non-hydrogen) atoms. The second-order valence-corrected chi connectivity index (χ2v) is 6.53. The minimum atomic E-state index is -0.156. The van der Waals surface area contributed by atoms with Crippen LogP contribution in [-0.2, 0) is 11.2 Å². The van der Waals surface area contributed by atoms with Crippen molar-refractivity contribution in [2.24, 2.45) is 0 Å². The van der Waals surface area contributed by atoms with Crippen molar-refractivity contribution in [1.82, 2.24) is 10.2 Å². The van der Waals surface area contributed by atoms with Crippen LogP contribution >= 0.6 is 0 Å². The molecule has 136 valence electrons. The minimum absolute atomic E-state index is 0.109. The minimum Gasteiger partial charge on any atom is -0.497 e. The molecule has 0 saturated carbocycles. The zero-order valence-electron chi connectivity index (χ0n) is 15.0. The number of benzene rings is 2. The third-order valence-electron chi connectivity index (χ3n) is 4.64. The number of likely N-dealkylation sites (tertiary alicyclic amines) is 1. The molecule has 1 atom stereocenters. The molecule has 5 nitrogen and oxygen atoms in total. The highest BCUT2D eigenvalue weighted by Crippen LogP contribution is 2.15. The lowest BCUT2D eigenvalue weighted by molar-refractivity contribution is -0.127. The Bertz CT molecular complexity index is 744. The Morgan fingerprint density at radius 3 is 2.58 bits per heavy atom. The molecular formula is C21H24N2O3. The molecule has 0 unspecified atom stereocenters. The number of methoxy groups -OCH3 is 1. The van der Waals surface area contributed by atoms with Crippen LogP contribution in [-0.4, -0.2) is 43.0 Å². The lowest BCUT2D eigenvalue weighted by Crippen LogP contribution is -2.37. The Morgan fingerprint density at radius 2 is 1.88 bits per heavy atom. The zero-order chi connectivity index (χ0) is 18.4. The van der Waals surface area contributed by atoms with Crippen LogP contribution in [0.4, 0.5) is 0 Å². The van der Waals surface area contributed by atoms with Gasteiger partial charge in [-0.05, 0) is 42.7 Å². The maximum Gasteiger partial charge on any atom is 0.251 e. The van der Waals surface area contributed by atoms with Gasteiger partial charge in [0.2, 0.25) is 5.91 Å². The molecule has 1 aliphatic heterocycles. The van der Waals surface area contributed by atoms with E-state index in [4.69, 9.17) is 4.74 Å². The number of rotatable bonds is 7. The van der Waals surface area contributed by atoms with Crippen LogP contribution in [0.3, 0.4) is 0 Å². The van der Waals surface area contributed by atoms with Crippen LogP contribution < -0.4 is 10.1 Å².